The molecule has 2 aromatic rings. The number of rotatable bonds is 4. The molecule has 0 spiro atoms. The van der Waals surface area contributed by atoms with E-state index in [9.17, 15) is 14.9 Å². The van der Waals surface area contributed by atoms with Crippen molar-refractivity contribution in [3.63, 3.8) is 0 Å². The SMILES string of the molecule is O=C(O)c1cccc([N+](=O)[O-])c1Oc1ccccc1Br. The van der Waals surface area contributed by atoms with Gasteiger partial charge in [0, 0.05) is 6.07 Å². The van der Waals surface area contributed by atoms with Crippen LogP contribution in [0.1, 0.15) is 10.4 Å². The molecule has 0 aliphatic rings. The molecule has 0 heterocycles. The third kappa shape index (κ3) is 2.77. The van der Waals surface area contributed by atoms with Crippen LogP contribution < -0.4 is 4.74 Å². The van der Waals surface area contributed by atoms with Crippen LogP contribution in [0.2, 0.25) is 0 Å². The van der Waals surface area contributed by atoms with Crippen molar-refractivity contribution in [3.05, 3.63) is 62.6 Å². The molecule has 0 unspecified atom stereocenters. The van der Waals surface area contributed by atoms with E-state index in [4.69, 9.17) is 9.84 Å². The van der Waals surface area contributed by atoms with Crippen LogP contribution in [0, 0.1) is 10.1 Å². The molecule has 0 fully saturated rings. The number of benzene rings is 2. The minimum atomic E-state index is -1.30. The van der Waals surface area contributed by atoms with Gasteiger partial charge < -0.3 is 9.84 Å². The highest BCUT2D eigenvalue weighted by Crippen LogP contribution is 2.37. The van der Waals surface area contributed by atoms with E-state index >= 15 is 0 Å². The number of carbonyl (C=O) groups is 1. The van der Waals surface area contributed by atoms with Gasteiger partial charge in [0.05, 0.1) is 9.40 Å². The number of ether oxygens (including phenoxy) is 1. The predicted octanol–water partition coefficient (Wildman–Crippen LogP) is 3.85. The summed E-state index contributed by atoms with van der Waals surface area (Å²) in [7, 11) is 0. The van der Waals surface area contributed by atoms with E-state index in [0.29, 0.717) is 10.2 Å². The van der Waals surface area contributed by atoms with Gasteiger partial charge in [0.25, 0.3) is 0 Å². The minimum absolute atomic E-state index is 0.269. The maximum atomic E-state index is 11.2. The van der Waals surface area contributed by atoms with Gasteiger partial charge >= 0.3 is 11.7 Å². The second-order valence-electron chi connectivity index (χ2n) is 3.75. The molecule has 0 radical (unpaired) electrons. The number of carboxylic acid groups (broad SMARTS) is 1. The Labute approximate surface area is 121 Å². The molecule has 102 valence electrons. The summed E-state index contributed by atoms with van der Waals surface area (Å²) in [5, 5.41) is 20.1. The second-order valence-corrected chi connectivity index (χ2v) is 4.60. The highest BCUT2D eigenvalue weighted by molar-refractivity contribution is 9.10. The van der Waals surface area contributed by atoms with Gasteiger partial charge in [0.15, 0.2) is 0 Å². The Balaban J connectivity index is 2.57. The highest BCUT2D eigenvalue weighted by Gasteiger charge is 2.24. The first-order chi connectivity index (χ1) is 9.50. The molecule has 0 saturated heterocycles. The summed E-state index contributed by atoms with van der Waals surface area (Å²) in [5.41, 5.74) is -0.671. The average Bonchev–Trinajstić information content (AvgIpc) is 2.41. The molecule has 1 N–H and O–H groups in total. The first-order valence-corrected chi connectivity index (χ1v) is 6.23. The maximum Gasteiger partial charge on any atom is 0.339 e. The second kappa shape index (κ2) is 5.70. The van der Waals surface area contributed by atoms with Crippen molar-refractivity contribution in [1.29, 1.82) is 0 Å². The lowest BCUT2D eigenvalue weighted by molar-refractivity contribution is -0.385. The van der Waals surface area contributed by atoms with Crippen LogP contribution in [0.4, 0.5) is 5.69 Å². The Kier molecular flexibility index (Phi) is 3.99. The van der Waals surface area contributed by atoms with Crippen LogP contribution in [0.3, 0.4) is 0 Å². The van der Waals surface area contributed by atoms with Gasteiger partial charge in [-0.2, -0.15) is 0 Å². The number of aromatic carboxylic acids is 1. The largest absolute Gasteiger partial charge is 0.478 e. The standard InChI is InChI=1S/C13H8BrNO5/c14-9-5-1-2-7-11(9)20-12-8(13(16)17)4-3-6-10(12)15(18)19/h1-7H,(H,16,17). The molecule has 20 heavy (non-hydrogen) atoms. The van der Waals surface area contributed by atoms with Gasteiger partial charge in [-0.1, -0.05) is 18.2 Å². The zero-order chi connectivity index (χ0) is 14.7. The van der Waals surface area contributed by atoms with Crippen LogP contribution in [-0.4, -0.2) is 16.0 Å². The Hall–Kier alpha value is -2.41. The van der Waals surface area contributed by atoms with Gasteiger partial charge in [0.1, 0.15) is 11.3 Å². The molecule has 2 rings (SSSR count). The monoisotopic (exact) mass is 337 g/mol. The number of nitro groups is 1. The molecule has 0 atom stereocenters. The van der Waals surface area contributed by atoms with Crippen molar-refractivity contribution in [2.24, 2.45) is 0 Å². The Bertz CT molecular complexity index is 654. The van der Waals surface area contributed by atoms with Gasteiger partial charge in [-0.15, -0.1) is 0 Å². The summed E-state index contributed by atoms with van der Waals surface area (Å²) in [6, 6.07) is 10.4. The van der Waals surface area contributed by atoms with Crippen molar-refractivity contribution in [1.82, 2.24) is 0 Å². The molecule has 7 heteroatoms. The summed E-state index contributed by atoms with van der Waals surface area (Å²) >= 11 is 3.23. The molecular formula is C13H8BrNO5. The van der Waals surface area contributed by atoms with Crippen LogP contribution in [0.25, 0.3) is 0 Å². The summed E-state index contributed by atoms with van der Waals surface area (Å²) in [5.74, 6) is -1.29. The lowest BCUT2D eigenvalue weighted by atomic mass is 10.1. The summed E-state index contributed by atoms with van der Waals surface area (Å²) < 4.78 is 5.99. The van der Waals surface area contributed by atoms with Gasteiger partial charge in [-0.3, -0.25) is 10.1 Å². The van der Waals surface area contributed by atoms with Crippen LogP contribution in [0.5, 0.6) is 11.5 Å². The third-order valence-corrected chi connectivity index (χ3v) is 3.13. The average molecular weight is 338 g/mol. The van der Waals surface area contributed by atoms with Crippen molar-refractivity contribution < 1.29 is 19.6 Å². The fourth-order valence-corrected chi connectivity index (χ4v) is 1.95. The van der Waals surface area contributed by atoms with E-state index in [1.165, 1.54) is 18.2 Å². The Morgan fingerprint density at radius 1 is 1.20 bits per heavy atom. The number of para-hydroxylation sites is 2. The molecule has 0 bridgehead atoms. The van der Waals surface area contributed by atoms with Gasteiger partial charge in [-0.25, -0.2) is 4.79 Å². The van der Waals surface area contributed by atoms with Crippen LogP contribution in [0.15, 0.2) is 46.9 Å². The van der Waals surface area contributed by atoms with E-state index in [0.717, 1.165) is 0 Å². The zero-order valence-corrected chi connectivity index (χ0v) is 11.5. The first-order valence-electron chi connectivity index (χ1n) is 5.44. The highest BCUT2D eigenvalue weighted by atomic mass is 79.9. The molecule has 0 amide bonds. The fraction of sp³-hybridized carbons (Fsp3) is 0. The van der Waals surface area contributed by atoms with Crippen molar-refractivity contribution in [2.75, 3.05) is 0 Å². The third-order valence-electron chi connectivity index (χ3n) is 2.47. The molecule has 0 aliphatic heterocycles. The summed E-state index contributed by atoms with van der Waals surface area (Å²) in [6.07, 6.45) is 0. The van der Waals surface area contributed by atoms with Crippen molar-refractivity contribution >= 4 is 27.6 Å². The molecular weight excluding hydrogens is 330 g/mol. The van der Waals surface area contributed by atoms with Gasteiger partial charge in [0.2, 0.25) is 5.75 Å². The number of nitro benzene ring substituents is 1. The normalized spacial score (nSPS) is 10.1. The van der Waals surface area contributed by atoms with Crippen LogP contribution in [-0.2, 0) is 0 Å². The maximum absolute atomic E-state index is 11.2. The molecule has 0 saturated carbocycles. The molecule has 2 aromatic carbocycles. The number of hydrogen-bond acceptors (Lipinski definition) is 4. The van der Waals surface area contributed by atoms with Crippen molar-refractivity contribution in [3.8, 4) is 11.5 Å². The summed E-state index contributed by atoms with van der Waals surface area (Å²) in [6.45, 7) is 0. The Morgan fingerprint density at radius 2 is 1.90 bits per heavy atom. The minimum Gasteiger partial charge on any atom is -0.478 e. The number of hydrogen-bond donors (Lipinski definition) is 1. The summed E-state index contributed by atoms with van der Waals surface area (Å²) in [4.78, 5) is 21.5. The van der Waals surface area contributed by atoms with Crippen molar-refractivity contribution in [2.45, 2.75) is 0 Å². The van der Waals surface area contributed by atoms with E-state index in [1.54, 1.807) is 24.3 Å². The van der Waals surface area contributed by atoms with Gasteiger partial charge in [-0.05, 0) is 34.1 Å². The molecule has 0 aromatic heterocycles. The van der Waals surface area contributed by atoms with E-state index < -0.39 is 16.6 Å². The Morgan fingerprint density at radius 3 is 2.50 bits per heavy atom. The van der Waals surface area contributed by atoms with Crippen LogP contribution >= 0.6 is 15.9 Å². The molecule has 0 aliphatic carbocycles. The molecule has 6 nitrogen and oxygen atoms in total. The number of carboxylic acids is 1. The lowest BCUT2D eigenvalue weighted by Crippen LogP contribution is -2.03. The van der Waals surface area contributed by atoms with E-state index in [2.05, 4.69) is 15.9 Å². The van der Waals surface area contributed by atoms with E-state index in [1.807, 2.05) is 0 Å². The zero-order valence-electron chi connectivity index (χ0n) is 9.95. The number of halogens is 1. The quantitative estimate of drug-likeness (QED) is 0.676. The lowest BCUT2D eigenvalue weighted by Gasteiger charge is -2.10. The topological polar surface area (TPSA) is 89.7 Å². The fourth-order valence-electron chi connectivity index (χ4n) is 1.58. The number of nitrogens with zero attached hydrogens (tertiary/aromatic N) is 1. The smallest absolute Gasteiger partial charge is 0.339 e. The first kappa shape index (κ1) is 14.0. The predicted molar refractivity (Wildman–Crippen MR) is 74.3 cm³/mol. The van der Waals surface area contributed by atoms with E-state index in [-0.39, 0.29) is 11.3 Å².